The number of ketones is 2. The van der Waals surface area contributed by atoms with Crippen molar-refractivity contribution in [3.63, 3.8) is 0 Å². The fourth-order valence-corrected chi connectivity index (χ4v) is 19.1. The summed E-state index contributed by atoms with van der Waals surface area (Å²) in [7, 11) is 0. The Morgan fingerprint density at radius 3 is 1.23 bits per heavy atom. The number of unbranched alkanes of at least 4 members (excludes halogenated alkanes) is 2. The Balaban J connectivity index is 0.697. The zero-order chi connectivity index (χ0) is 43.5. The minimum absolute atomic E-state index is 0.181. The van der Waals surface area contributed by atoms with E-state index < -0.39 is 0 Å². The fraction of sp³-hybridized carbons (Fsp3) is 0.964. The van der Waals surface area contributed by atoms with Crippen molar-refractivity contribution in [2.24, 2.45) is 92.7 Å². The third-order valence-electron chi connectivity index (χ3n) is 22.5. The van der Waals surface area contributed by atoms with Crippen molar-refractivity contribution in [1.82, 2.24) is 0 Å². The lowest BCUT2D eigenvalue weighted by atomic mass is 9.43. The Morgan fingerprint density at radius 1 is 0.459 bits per heavy atom. The van der Waals surface area contributed by atoms with Crippen molar-refractivity contribution in [3.8, 4) is 0 Å². The molecule has 8 aliphatic rings. The molecular weight excluding hydrogens is 757 g/mol. The lowest BCUT2D eigenvalue weighted by Crippen LogP contribution is -2.58. The molecule has 0 aromatic heterocycles. The van der Waals surface area contributed by atoms with Crippen LogP contribution in [0.5, 0.6) is 0 Å². The summed E-state index contributed by atoms with van der Waals surface area (Å²) in [6.45, 7) is 15.1. The van der Waals surface area contributed by atoms with E-state index in [1.807, 2.05) is 0 Å². The number of fused-ring (bicyclic) bond motifs is 10. The van der Waals surface area contributed by atoms with Crippen LogP contribution in [-0.4, -0.2) is 56.4 Å². The first kappa shape index (κ1) is 46.7. The normalized spacial score (nSPS) is 48.8. The highest BCUT2D eigenvalue weighted by atomic mass is 16.3. The SMILES string of the molecule is C[C@H](CCCCC(=O)CCCC(=O)CCCC[C@H](C)[C@H]1CCC2[C@@H]3[C@@H](O)CC4C[C@H](O)CC[C@]4(C)[C@H]3CC[C@@]21C)[C@H]1CCC2[C@@H]3[C@@H](O)CC4C[C@H](O)CC[C@]4(C)[C@H]3CC[C@@]21C. The maximum absolute atomic E-state index is 12.9. The van der Waals surface area contributed by atoms with Crippen LogP contribution in [0.15, 0.2) is 0 Å². The van der Waals surface area contributed by atoms with E-state index in [1.165, 1.54) is 64.2 Å². The van der Waals surface area contributed by atoms with Gasteiger partial charge in [-0.15, -0.1) is 0 Å². The molecule has 0 amide bonds. The van der Waals surface area contributed by atoms with Crippen LogP contribution in [0, 0.1) is 92.7 Å². The Bertz CT molecular complexity index is 1420. The molecule has 8 rings (SSSR count). The molecule has 61 heavy (non-hydrogen) atoms. The molecule has 8 aliphatic carbocycles. The summed E-state index contributed by atoms with van der Waals surface area (Å²) in [6.07, 6.45) is 26.5. The molecule has 8 saturated carbocycles. The van der Waals surface area contributed by atoms with Crippen LogP contribution in [0.25, 0.3) is 0 Å². The first-order valence-electron chi connectivity index (χ1n) is 26.7. The highest BCUT2D eigenvalue weighted by Gasteiger charge is 2.64. The van der Waals surface area contributed by atoms with E-state index in [1.54, 1.807) is 0 Å². The van der Waals surface area contributed by atoms with Crippen molar-refractivity contribution in [2.45, 2.75) is 239 Å². The van der Waals surface area contributed by atoms with Crippen LogP contribution >= 0.6 is 0 Å². The molecule has 0 aromatic rings. The summed E-state index contributed by atoms with van der Waals surface area (Å²) < 4.78 is 0. The van der Waals surface area contributed by atoms with Crippen LogP contribution < -0.4 is 0 Å². The van der Waals surface area contributed by atoms with E-state index >= 15 is 0 Å². The van der Waals surface area contributed by atoms with Crippen molar-refractivity contribution < 1.29 is 30.0 Å². The number of hydrogen-bond acceptors (Lipinski definition) is 6. The van der Waals surface area contributed by atoms with Gasteiger partial charge in [0, 0.05) is 25.7 Å². The molecule has 0 heterocycles. The predicted octanol–water partition coefficient (Wildman–Crippen LogP) is 11.7. The van der Waals surface area contributed by atoms with Gasteiger partial charge in [0.05, 0.1) is 24.4 Å². The average molecular weight is 849 g/mol. The Kier molecular flexibility index (Phi) is 14.1. The van der Waals surface area contributed by atoms with E-state index in [4.69, 9.17) is 0 Å². The van der Waals surface area contributed by atoms with Gasteiger partial charge >= 0.3 is 0 Å². The van der Waals surface area contributed by atoms with E-state index in [0.29, 0.717) is 126 Å². The summed E-state index contributed by atoms with van der Waals surface area (Å²) in [4.78, 5) is 25.7. The van der Waals surface area contributed by atoms with Crippen LogP contribution in [0.4, 0.5) is 0 Å². The number of carbonyl (C=O) groups excluding carboxylic acids is 2. The van der Waals surface area contributed by atoms with E-state index in [2.05, 4.69) is 41.5 Å². The van der Waals surface area contributed by atoms with Gasteiger partial charge in [-0.2, -0.15) is 0 Å². The summed E-state index contributed by atoms with van der Waals surface area (Å²) in [5, 5.41) is 44.1. The Labute approximate surface area is 372 Å². The quantitative estimate of drug-likeness (QED) is 0.115. The highest BCUT2D eigenvalue weighted by Crippen LogP contribution is 2.70. The molecule has 0 aliphatic heterocycles. The van der Waals surface area contributed by atoms with Crippen LogP contribution in [0.1, 0.15) is 215 Å². The first-order valence-corrected chi connectivity index (χ1v) is 26.7. The second-order valence-electron chi connectivity index (χ2n) is 25.3. The molecule has 0 radical (unpaired) electrons. The number of aliphatic hydroxyl groups is 4. The fourth-order valence-electron chi connectivity index (χ4n) is 19.1. The van der Waals surface area contributed by atoms with Gasteiger partial charge in [-0.05, 0) is 215 Å². The molecule has 0 spiro atoms. The smallest absolute Gasteiger partial charge is 0.132 e. The molecule has 0 aromatic carbocycles. The number of carbonyl (C=O) groups is 2. The number of Topliss-reactive ketones (excluding diaryl/α,β-unsaturated/α-hetero) is 2. The second kappa shape index (κ2) is 18.5. The van der Waals surface area contributed by atoms with Crippen molar-refractivity contribution in [2.75, 3.05) is 0 Å². The van der Waals surface area contributed by atoms with Gasteiger partial charge in [0.15, 0.2) is 0 Å². The minimum Gasteiger partial charge on any atom is -0.393 e. The van der Waals surface area contributed by atoms with Crippen LogP contribution in [0.2, 0.25) is 0 Å². The first-order chi connectivity index (χ1) is 29.0. The van der Waals surface area contributed by atoms with Crippen molar-refractivity contribution in [3.05, 3.63) is 0 Å². The molecule has 6 heteroatoms. The van der Waals surface area contributed by atoms with Crippen LogP contribution in [0.3, 0.4) is 0 Å². The summed E-state index contributed by atoms with van der Waals surface area (Å²) in [5.74, 6) is 7.56. The zero-order valence-corrected chi connectivity index (χ0v) is 39.9. The minimum atomic E-state index is -0.215. The van der Waals surface area contributed by atoms with Gasteiger partial charge < -0.3 is 20.4 Å². The van der Waals surface area contributed by atoms with E-state index in [0.717, 1.165) is 77.0 Å². The maximum atomic E-state index is 12.9. The molecule has 4 unspecified atom stereocenters. The van der Waals surface area contributed by atoms with E-state index in [9.17, 15) is 30.0 Å². The van der Waals surface area contributed by atoms with Gasteiger partial charge in [-0.3, -0.25) is 9.59 Å². The van der Waals surface area contributed by atoms with Gasteiger partial charge in [-0.1, -0.05) is 67.2 Å². The van der Waals surface area contributed by atoms with Gasteiger partial charge in [0.2, 0.25) is 0 Å². The van der Waals surface area contributed by atoms with E-state index in [-0.39, 0.29) is 35.2 Å². The molecule has 20 atom stereocenters. The Hall–Kier alpha value is -0.820. The zero-order valence-electron chi connectivity index (χ0n) is 39.9. The molecule has 0 bridgehead atoms. The second-order valence-corrected chi connectivity index (χ2v) is 25.3. The lowest BCUT2D eigenvalue weighted by Gasteiger charge is -2.62. The van der Waals surface area contributed by atoms with Crippen molar-refractivity contribution >= 4 is 11.6 Å². The topological polar surface area (TPSA) is 115 Å². The summed E-state index contributed by atoms with van der Waals surface area (Å²) in [6, 6.07) is 0. The number of rotatable bonds is 16. The summed E-state index contributed by atoms with van der Waals surface area (Å²) >= 11 is 0. The molecule has 348 valence electrons. The molecular formula is C55H92O6. The van der Waals surface area contributed by atoms with Crippen LogP contribution in [-0.2, 0) is 9.59 Å². The molecule has 8 fully saturated rings. The van der Waals surface area contributed by atoms with Gasteiger partial charge in [-0.25, -0.2) is 0 Å². The van der Waals surface area contributed by atoms with Gasteiger partial charge in [0.25, 0.3) is 0 Å². The highest BCUT2D eigenvalue weighted by molar-refractivity contribution is 5.81. The van der Waals surface area contributed by atoms with Gasteiger partial charge in [0.1, 0.15) is 11.6 Å². The number of aliphatic hydroxyl groups excluding tert-OH is 4. The third kappa shape index (κ3) is 8.69. The third-order valence-corrected chi connectivity index (χ3v) is 22.5. The Morgan fingerprint density at radius 2 is 0.820 bits per heavy atom. The average Bonchev–Trinajstić information content (AvgIpc) is 3.76. The molecule has 4 N–H and O–H groups in total. The lowest BCUT2D eigenvalue weighted by molar-refractivity contribution is -0.174. The standard InChI is InChI=1S/C55H92O6/c1-34(42-18-20-44-50-46(24-28-54(42,44)5)52(3)26-22-40(58)30-36(52)32-48(50)60)12-7-9-14-38(56)16-11-17-39(57)15-10-8-13-35(2)43-19-21-45-51-47(25-29-55(43,45)6)53(4)27-23-41(59)31-37(53)33-49(51)61/h34-37,40-51,58-61H,7-33H2,1-6H3/t34-,35+,36?,37?,40-,41-,42-,43-,44?,45?,46+,47+,48+,49+,50+,51+,52+,53+,54-,55-/m1/s1. The number of hydrogen-bond donors (Lipinski definition) is 4. The van der Waals surface area contributed by atoms with Crippen molar-refractivity contribution in [1.29, 1.82) is 0 Å². The maximum Gasteiger partial charge on any atom is 0.132 e. The predicted molar refractivity (Wildman–Crippen MR) is 244 cm³/mol. The summed E-state index contributed by atoms with van der Waals surface area (Å²) in [5.41, 5.74) is 1.17. The molecule has 6 nitrogen and oxygen atoms in total. The molecule has 0 saturated heterocycles. The largest absolute Gasteiger partial charge is 0.393 e. The monoisotopic (exact) mass is 849 g/mol.